The van der Waals surface area contributed by atoms with Crippen molar-refractivity contribution in [2.24, 2.45) is 5.92 Å². The molecule has 0 radical (unpaired) electrons. The molecule has 2 fully saturated rings. The summed E-state index contributed by atoms with van der Waals surface area (Å²) in [6.07, 6.45) is -3.92. The Morgan fingerprint density at radius 2 is 1.90 bits per heavy atom. The molecule has 1 aliphatic carbocycles. The summed E-state index contributed by atoms with van der Waals surface area (Å²) in [5.74, 6) is -1.26. The summed E-state index contributed by atoms with van der Waals surface area (Å²) >= 11 is 0. The SMILES string of the molecule is CCC(C)C1NC(=O)C(CC)N(C2(C(F)(F)F)CC2)C1=O. The molecule has 0 bridgehead atoms. The average molecular weight is 306 g/mol. The Morgan fingerprint density at radius 3 is 2.29 bits per heavy atom. The summed E-state index contributed by atoms with van der Waals surface area (Å²) in [6, 6.07) is -1.88. The number of carbonyl (C=O) groups excluding carboxylic acids is 2. The lowest BCUT2D eigenvalue weighted by Gasteiger charge is -2.45. The maximum Gasteiger partial charge on any atom is 0.411 e. The van der Waals surface area contributed by atoms with Gasteiger partial charge in [-0.3, -0.25) is 9.59 Å². The van der Waals surface area contributed by atoms with Gasteiger partial charge in [0, 0.05) is 0 Å². The maximum atomic E-state index is 13.4. The molecule has 3 atom stereocenters. The second-order valence-corrected chi connectivity index (χ2v) is 6.03. The highest BCUT2D eigenvalue weighted by molar-refractivity contribution is 5.98. The van der Waals surface area contributed by atoms with Crippen LogP contribution in [0, 0.1) is 5.92 Å². The first-order chi connectivity index (χ1) is 9.69. The standard InChI is InChI=1S/C14H21F3N2O2/c1-4-8(3)10-12(21)19(9(5-2)11(20)18-10)13(6-7-13)14(15,16)17/h8-10H,4-7H2,1-3H3,(H,18,20). The molecule has 7 heteroatoms. The minimum Gasteiger partial charge on any atom is -0.342 e. The van der Waals surface area contributed by atoms with Crippen LogP contribution in [0.4, 0.5) is 13.2 Å². The fourth-order valence-corrected chi connectivity index (χ4v) is 3.01. The highest BCUT2D eigenvalue weighted by Gasteiger charge is 2.70. The molecular weight excluding hydrogens is 285 g/mol. The van der Waals surface area contributed by atoms with Crippen molar-refractivity contribution in [3.05, 3.63) is 0 Å². The van der Waals surface area contributed by atoms with E-state index in [9.17, 15) is 22.8 Å². The monoisotopic (exact) mass is 306 g/mol. The quantitative estimate of drug-likeness (QED) is 0.866. The zero-order chi connectivity index (χ0) is 16.0. The summed E-state index contributed by atoms with van der Waals surface area (Å²) in [5.41, 5.74) is -2.13. The first-order valence-corrected chi connectivity index (χ1v) is 7.40. The molecule has 1 saturated carbocycles. The minimum absolute atomic E-state index is 0.112. The average Bonchev–Trinajstić information content (AvgIpc) is 3.20. The lowest BCUT2D eigenvalue weighted by molar-refractivity contribution is -0.210. The van der Waals surface area contributed by atoms with Crippen molar-refractivity contribution in [2.75, 3.05) is 0 Å². The summed E-state index contributed by atoms with van der Waals surface area (Å²) in [7, 11) is 0. The molecule has 0 aromatic rings. The van der Waals surface area contributed by atoms with Crippen molar-refractivity contribution in [1.29, 1.82) is 0 Å². The van der Waals surface area contributed by atoms with E-state index in [0.29, 0.717) is 6.42 Å². The molecule has 1 heterocycles. The molecule has 0 spiro atoms. The Bertz CT molecular complexity index is 446. The predicted molar refractivity (Wildman–Crippen MR) is 70.3 cm³/mol. The second-order valence-electron chi connectivity index (χ2n) is 6.03. The van der Waals surface area contributed by atoms with Gasteiger partial charge in [-0.2, -0.15) is 13.2 Å². The van der Waals surface area contributed by atoms with Crippen LogP contribution >= 0.6 is 0 Å². The summed E-state index contributed by atoms with van der Waals surface area (Å²) in [6.45, 7) is 5.23. The highest BCUT2D eigenvalue weighted by atomic mass is 19.4. The highest BCUT2D eigenvalue weighted by Crippen LogP contribution is 2.55. The first kappa shape index (κ1) is 16.1. The van der Waals surface area contributed by atoms with E-state index in [1.165, 1.54) is 0 Å². The number of piperazine rings is 1. The second kappa shape index (κ2) is 5.18. The molecule has 2 rings (SSSR count). The molecule has 1 N–H and O–H groups in total. The molecule has 3 unspecified atom stereocenters. The van der Waals surface area contributed by atoms with Gasteiger partial charge < -0.3 is 10.2 Å². The van der Waals surface area contributed by atoms with Crippen LogP contribution in [0.3, 0.4) is 0 Å². The van der Waals surface area contributed by atoms with Crippen molar-refractivity contribution >= 4 is 11.8 Å². The van der Waals surface area contributed by atoms with E-state index in [0.717, 1.165) is 4.90 Å². The van der Waals surface area contributed by atoms with Crippen molar-refractivity contribution < 1.29 is 22.8 Å². The van der Waals surface area contributed by atoms with E-state index >= 15 is 0 Å². The number of nitrogens with zero attached hydrogens (tertiary/aromatic N) is 1. The number of halogens is 3. The van der Waals surface area contributed by atoms with Crippen LogP contribution in [-0.4, -0.2) is 40.5 Å². The van der Waals surface area contributed by atoms with E-state index in [4.69, 9.17) is 0 Å². The molecule has 2 aliphatic rings. The van der Waals surface area contributed by atoms with Crippen molar-refractivity contribution in [3.63, 3.8) is 0 Å². The van der Waals surface area contributed by atoms with Crippen molar-refractivity contribution in [2.45, 2.75) is 70.3 Å². The Labute approximate surface area is 122 Å². The minimum atomic E-state index is -4.49. The third-order valence-corrected chi connectivity index (χ3v) is 4.73. The van der Waals surface area contributed by atoms with Gasteiger partial charge in [0.2, 0.25) is 11.8 Å². The normalized spacial score (nSPS) is 30.1. The molecule has 0 aromatic carbocycles. The van der Waals surface area contributed by atoms with Crippen LogP contribution < -0.4 is 5.32 Å². The van der Waals surface area contributed by atoms with E-state index in [-0.39, 0.29) is 25.2 Å². The maximum absolute atomic E-state index is 13.4. The molecule has 21 heavy (non-hydrogen) atoms. The number of amides is 2. The molecule has 4 nitrogen and oxygen atoms in total. The van der Waals surface area contributed by atoms with Gasteiger partial charge in [0.25, 0.3) is 0 Å². The number of hydrogen-bond donors (Lipinski definition) is 1. The predicted octanol–water partition coefficient (Wildman–Crippen LogP) is 2.23. The Balaban J connectivity index is 2.39. The van der Waals surface area contributed by atoms with Gasteiger partial charge in [0.15, 0.2) is 0 Å². The zero-order valence-corrected chi connectivity index (χ0v) is 12.5. The Kier molecular flexibility index (Phi) is 3.97. The molecule has 120 valence electrons. The third kappa shape index (κ3) is 2.40. The number of carbonyl (C=O) groups is 2. The number of alkyl halides is 3. The van der Waals surface area contributed by atoms with Crippen LogP contribution in [-0.2, 0) is 9.59 Å². The molecule has 0 aromatic heterocycles. The van der Waals surface area contributed by atoms with Gasteiger partial charge in [0.05, 0.1) is 0 Å². The molecule has 1 saturated heterocycles. The topological polar surface area (TPSA) is 49.4 Å². The third-order valence-electron chi connectivity index (χ3n) is 4.73. The largest absolute Gasteiger partial charge is 0.411 e. The van der Waals surface area contributed by atoms with Crippen molar-refractivity contribution in [1.82, 2.24) is 10.2 Å². The van der Waals surface area contributed by atoms with Crippen LogP contribution in [0.2, 0.25) is 0 Å². The lowest BCUT2D eigenvalue weighted by atomic mass is 9.92. The lowest BCUT2D eigenvalue weighted by Crippen LogP contribution is -2.70. The first-order valence-electron chi connectivity index (χ1n) is 7.40. The van der Waals surface area contributed by atoms with Crippen LogP contribution in [0.5, 0.6) is 0 Å². The van der Waals surface area contributed by atoms with Gasteiger partial charge in [0.1, 0.15) is 17.6 Å². The van der Waals surface area contributed by atoms with Gasteiger partial charge in [-0.1, -0.05) is 27.2 Å². The zero-order valence-electron chi connectivity index (χ0n) is 12.5. The van der Waals surface area contributed by atoms with Crippen LogP contribution in [0.1, 0.15) is 46.5 Å². The number of rotatable bonds is 4. The smallest absolute Gasteiger partial charge is 0.342 e. The summed E-state index contributed by atoms with van der Waals surface area (Å²) in [5, 5.41) is 2.60. The van der Waals surface area contributed by atoms with Crippen LogP contribution in [0.15, 0.2) is 0 Å². The van der Waals surface area contributed by atoms with Crippen molar-refractivity contribution in [3.8, 4) is 0 Å². The Morgan fingerprint density at radius 1 is 1.33 bits per heavy atom. The van der Waals surface area contributed by atoms with Gasteiger partial charge >= 0.3 is 6.18 Å². The fourth-order valence-electron chi connectivity index (χ4n) is 3.01. The molecular formula is C14H21F3N2O2. The van der Waals surface area contributed by atoms with E-state index in [1.807, 2.05) is 6.92 Å². The van der Waals surface area contributed by atoms with Gasteiger partial charge in [-0.05, 0) is 25.2 Å². The number of hydrogen-bond acceptors (Lipinski definition) is 2. The molecule has 2 amide bonds. The summed E-state index contributed by atoms with van der Waals surface area (Å²) in [4.78, 5) is 25.6. The van der Waals surface area contributed by atoms with E-state index < -0.39 is 35.6 Å². The van der Waals surface area contributed by atoms with Crippen LogP contribution in [0.25, 0.3) is 0 Å². The van der Waals surface area contributed by atoms with E-state index in [1.54, 1.807) is 13.8 Å². The fraction of sp³-hybridized carbons (Fsp3) is 0.857. The number of nitrogens with one attached hydrogen (secondary N) is 1. The van der Waals surface area contributed by atoms with E-state index in [2.05, 4.69) is 5.32 Å². The van der Waals surface area contributed by atoms with Gasteiger partial charge in [-0.25, -0.2) is 0 Å². The van der Waals surface area contributed by atoms with Gasteiger partial charge in [-0.15, -0.1) is 0 Å². The Hall–Kier alpha value is -1.27. The molecule has 1 aliphatic heterocycles. The summed E-state index contributed by atoms with van der Waals surface area (Å²) < 4.78 is 40.1.